The zero-order valence-electron chi connectivity index (χ0n) is 24.8. The molecule has 0 bridgehead atoms. The van der Waals surface area contributed by atoms with Gasteiger partial charge in [0.1, 0.15) is 11.4 Å². The number of carbonyl (C=O) groups is 1. The molecule has 1 amide bonds. The third-order valence-corrected chi connectivity index (χ3v) is 8.29. The van der Waals surface area contributed by atoms with Crippen LogP contribution < -0.4 is 14.5 Å². The first-order valence-corrected chi connectivity index (χ1v) is 14.5. The van der Waals surface area contributed by atoms with E-state index < -0.39 is 5.60 Å². The number of benzene rings is 1. The monoisotopic (exact) mass is 513 g/mol. The number of piperazine rings is 1. The smallest absolute Gasteiger partial charge is 0.410 e. The number of rotatable bonds is 4. The van der Waals surface area contributed by atoms with E-state index in [1.165, 1.54) is 55.5 Å². The van der Waals surface area contributed by atoms with Crippen LogP contribution in [-0.4, -0.2) is 63.0 Å². The minimum absolute atomic E-state index is 0.207. The van der Waals surface area contributed by atoms with E-state index in [0.29, 0.717) is 29.8 Å². The van der Waals surface area contributed by atoms with Crippen LogP contribution in [0.1, 0.15) is 98.5 Å². The summed E-state index contributed by atoms with van der Waals surface area (Å²) in [6.45, 7) is 20.7. The second-order valence-electron chi connectivity index (χ2n) is 14.2. The van der Waals surface area contributed by atoms with Gasteiger partial charge in [-0.1, -0.05) is 27.7 Å². The fourth-order valence-corrected chi connectivity index (χ4v) is 7.24. The van der Waals surface area contributed by atoms with Crippen LogP contribution >= 0.6 is 0 Å². The van der Waals surface area contributed by atoms with Crippen molar-refractivity contribution in [1.29, 1.82) is 0 Å². The lowest BCUT2D eigenvalue weighted by molar-refractivity contribution is 0.0240. The van der Waals surface area contributed by atoms with Crippen LogP contribution in [0.4, 0.5) is 16.2 Å². The van der Waals surface area contributed by atoms with Gasteiger partial charge in [0.05, 0.1) is 12.8 Å². The lowest BCUT2D eigenvalue weighted by atomic mass is 9.60. The molecule has 1 aromatic carbocycles. The Bertz CT molecular complexity index is 935. The summed E-state index contributed by atoms with van der Waals surface area (Å²) in [5, 5.41) is 0. The molecule has 0 spiro atoms. The largest absolute Gasteiger partial charge is 0.495 e. The number of anilines is 2. The van der Waals surface area contributed by atoms with E-state index in [4.69, 9.17) is 9.47 Å². The van der Waals surface area contributed by atoms with Gasteiger partial charge in [0.25, 0.3) is 0 Å². The van der Waals surface area contributed by atoms with Crippen molar-refractivity contribution in [2.75, 3.05) is 56.2 Å². The van der Waals surface area contributed by atoms with Crippen molar-refractivity contribution >= 4 is 17.5 Å². The predicted octanol–water partition coefficient (Wildman–Crippen LogP) is 7.06. The van der Waals surface area contributed by atoms with Crippen molar-refractivity contribution in [3.63, 3.8) is 0 Å². The van der Waals surface area contributed by atoms with Crippen LogP contribution in [0.2, 0.25) is 0 Å². The summed E-state index contributed by atoms with van der Waals surface area (Å²) in [4.78, 5) is 19.6. The molecule has 0 aromatic heterocycles. The molecule has 1 aromatic rings. The molecule has 1 aliphatic carbocycles. The van der Waals surface area contributed by atoms with Gasteiger partial charge in [-0.2, -0.15) is 0 Å². The van der Waals surface area contributed by atoms with Crippen molar-refractivity contribution in [2.24, 2.45) is 10.8 Å². The summed E-state index contributed by atoms with van der Waals surface area (Å²) in [6, 6.07) is 4.78. The number of piperidine rings is 1. The molecule has 2 heterocycles. The van der Waals surface area contributed by atoms with E-state index in [9.17, 15) is 4.79 Å². The number of carbonyl (C=O) groups excluding carboxylic acids is 1. The van der Waals surface area contributed by atoms with Crippen molar-refractivity contribution in [3.8, 4) is 5.75 Å². The lowest BCUT2D eigenvalue weighted by Gasteiger charge is -2.47. The van der Waals surface area contributed by atoms with Gasteiger partial charge in [0, 0.05) is 51.0 Å². The van der Waals surface area contributed by atoms with Gasteiger partial charge >= 0.3 is 6.09 Å². The van der Waals surface area contributed by atoms with E-state index in [1.807, 2.05) is 25.7 Å². The highest BCUT2D eigenvalue weighted by Crippen LogP contribution is 2.54. The van der Waals surface area contributed by atoms with Gasteiger partial charge in [-0.15, -0.1) is 0 Å². The fourth-order valence-electron chi connectivity index (χ4n) is 7.24. The maximum Gasteiger partial charge on any atom is 0.410 e. The minimum Gasteiger partial charge on any atom is -0.495 e. The molecule has 0 radical (unpaired) electrons. The number of nitrogens with zero attached hydrogens (tertiary/aromatic N) is 3. The van der Waals surface area contributed by atoms with Crippen LogP contribution in [-0.2, 0) is 4.74 Å². The van der Waals surface area contributed by atoms with Gasteiger partial charge in [-0.3, -0.25) is 0 Å². The van der Waals surface area contributed by atoms with Gasteiger partial charge in [-0.05, 0) is 87.7 Å². The lowest BCUT2D eigenvalue weighted by Crippen LogP contribution is -2.50. The number of hydrogen-bond acceptors (Lipinski definition) is 5. The average Bonchev–Trinajstić information content (AvgIpc) is 2.81. The minimum atomic E-state index is -0.473. The zero-order valence-corrected chi connectivity index (χ0v) is 24.8. The van der Waals surface area contributed by atoms with Gasteiger partial charge in [-0.25, -0.2) is 4.79 Å². The summed E-state index contributed by atoms with van der Waals surface area (Å²) in [5.41, 5.74) is 4.16. The average molecular weight is 514 g/mol. The first-order valence-electron chi connectivity index (χ1n) is 14.5. The molecule has 208 valence electrons. The Kier molecular flexibility index (Phi) is 7.97. The SMILES string of the molecule is COc1cc(N2CCN(C(=O)OC(C)(C)C)CC2)c(C2CC(C)(C)CC(C)(C)C2)cc1N1CCCCC1. The number of amides is 1. The molecule has 0 N–H and O–H groups in total. The molecule has 2 saturated heterocycles. The molecule has 4 rings (SSSR count). The quantitative estimate of drug-likeness (QED) is 0.431. The first kappa shape index (κ1) is 27.9. The van der Waals surface area contributed by atoms with Gasteiger partial charge < -0.3 is 24.2 Å². The maximum absolute atomic E-state index is 12.7. The van der Waals surface area contributed by atoms with Crippen LogP contribution in [0.3, 0.4) is 0 Å². The molecule has 6 heteroatoms. The second-order valence-corrected chi connectivity index (χ2v) is 14.2. The third-order valence-electron chi connectivity index (χ3n) is 8.29. The van der Waals surface area contributed by atoms with E-state index in [0.717, 1.165) is 31.9 Å². The summed E-state index contributed by atoms with van der Waals surface area (Å²) < 4.78 is 11.7. The van der Waals surface area contributed by atoms with Gasteiger partial charge in [0.2, 0.25) is 0 Å². The highest BCUT2D eigenvalue weighted by Gasteiger charge is 2.40. The summed E-state index contributed by atoms with van der Waals surface area (Å²) in [5.74, 6) is 1.48. The van der Waals surface area contributed by atoms with E-state index in [1.54, 1.807) is 7.11 Å². The Morgan fingerprint density at radius 1 is 0.838 bits per heavy atom. The normalized spacial score (nSPS) is 22.6. The first-order chi connectivity index (χ1) is 17.3. The Morgan fingerprint density at radius 2 is 1.41 bits per heavy atom. The van der Waals surface area contributed by atoms with Crippen molar-refractivity contribution in [1.82, 2.24) is 4.90 Å². The van der Waals surface area contributed by atoms with Crippen LogP contribution in [0.25, 0.3) is 0 Å². The van der Waals surface area contributed by atoms with Crippen molar-refractivity contribution in [2.45, 2.75) is 98.5 Å². The van der Waals surface area contributed by atoms with Crippen molar-refractivity contribution < 1.29 is 14.3 Å². The Labute approximate surface area is 225 Å². The second kappa shape index (κ2) is 10.6. The van der Waals surface area contributed by atoms with E-state index in [-0.39, 0.29) is 6.09 Å². The third kappa shape index (κ3) is 6.86. The Hall–Kier alpha value is -2.11. The summed E-state index contributed by atoms with van der Waals surface area (Å²) >= 11 is 0. The molecule has 6 nitrogen and oxygen atoms in total. The van der Waals surface area contributed by atoms with Crippen LogP contribution in [0.5, 0.6) is 5.75 Å². The highest BCUT2D eigenvalue weighted by molar-refractivity contribution is 5.72. The number of methoxy groups -OCH3 is 1. The zero-order chi connectivity index (χ0) is 27.0. The standard InChI is InChI=1S/C31H51N3O3/c1-29(2,3)37-28(35)34-16-14-33(15-17-34)25-19-27(36-8)26(32-12-10-9-11-13-32)18-24(25)23-20-30(4,5)22-31(6,7)21-23/h18-19,23H,9-17,20-22H2,1-8H3. The molecule has 37 heavy (non-hydrogen) atoms. The highest BCUT2D eigenvalue weighted by atomic mass is 16.6. The molecular formula is C31H51N3O3. The molecule has 0 unspecified atom stereocenters. The van der Waals surface area contributed by atoms with E-state index >= 15 is 0 Å². The van der Waals surface area contributed by atoms with E-state index in [2.05, 4.69) is 49.6 Å². The van der Waals surface area contributed by atoms with Crippen LogP contribution in [0.15, 0.2) is 12.1 Å². The van der Waals surface area contributed by atoms with Crippen LogP contribution in [0, 0.1) is 10.8 Å². The topological polar surface area (TPSA) is 45.3 Å². The summed E-state index contributed by atoms with van der Waals surface area (Å²) in [7, 11) is 1.81. The fraction of sp³-hybridized carbons (Fsp3) is 0.774. The molecule has 1 saturated carbocycles. The molecule has 3 fully saturated rings. The maximum atomic E-state index is 12.7. The molecular weight excluding hydrogens is 462 g/mol. The molecule has 0 atom stereocenters. The predicted molar refractivity (Wildman–Crippen MR) is 153 cm³/mol. The Morgan fingerprint density at radius 3 is 1.95 bits per heavy atom. The Balaban J connectivity index is 1.67. The number of ether oxygens (including phenoxy) is 2. The van der Waals surface area contributed by atoms with Crippen molar-refractivity contribution in [3.05, 3.63) is 17.7 Å². The summed E-state index contributed by atoms with van der Waals surface area (Å²) in [6.07, 6.45) is 7.26. The number of hydrogen-bond donors (Lipinski definition) is 0. The molecule has 3 aliphatic rings. The van der Waals surface area contributed by atoms with Gasteiger partial charge in [0.15, 0.2) is 0 Å². The molecule has 2 aliphatic heterocycles.